The zero-order valence-electron chi connectivity index (χ0n) is 19.0. The number of alkyl carbamates (subject to hydrolysis) is 1. The predicted molar refractivity (Wildman–Crippen MR) is 132 cm³/mol. The summed E-state index contributed by atoms with van der Waals surface area (Å²) in [5.74, 6) is -1.97. The van der Waals surface area contributed by atoms with E-state index in [1.807, 2.05) is 48.5 Å². The Bertz CT molecular complexity index is 1200. The zero-order valence-corrected chi connectivity index (χ0v) is 19.0. The molecule has 1 aliphatic rings. The van der Waals surface area contributed by atoms with Crippen molar-refractivity contribution < 1.29 is 24.2 Å². The van der Waals surface area contributed by atoms with Crippen LogP contribution in [0.15, 0.2) is 91.5 Å². The number of ether oxygens (including phenoxy) is 1. The monoisotopic (exact) mass is 470 g/mol. The molecule has 4 rings (SSSR count). The highest BCUT2D eigenvalue weighted by Crippen LogP contribution is 2.44. The second kappa shape index (κ2) is 10.7. The molecule has 35 heavy (non-hydrogen) atoms. The summed E-state index contributed by atoms with van der Waals surface area (Å²) in [6.07, 6.45) is 0.690. The van der Waals surface area contributed by atoms with E-state index in [1.54, 1.807) is 30.3 Å². The van der Waals surface area contributed by atoms with E-state index in [0.29, 0.717) is 5.56 Å². The Morgan fingerprint density at radius 2 is 1.46 bits per heavy atom. The standard InChI is InChI=1S/C28H26N2O5/c1-2-10-24(27(32)33)29-26(31)25(18-11-4-3-5-12-18)30-28(34)35-17-23-21-15-8-6-13-19(21)20-14-7-9-16-22(20)23/h2-9,11-16,23-25H,1,10,17H2,(H,29,31)(H,30,34)(H,32,33)/t24?,25-/m1/s1. The first-order chi connectivity index (χ1) is 17.0. The van der Waals surface area contributed by atoms with Crippen molar-refractivity contribution in [1.29, 1.82) is 0 Å². The van der Waals surface area contributed by atoms with Crippen LogP contribution < -0.4 is 10.6 Å². The first-order valence-corrected chi connectivity index (χ1v) is 11.3. The van der Waals surface area contributed by atoms with Gasteiger partial charge in [0.1, 0.15) is 18.7 Å². The van der Waals surface area contributed by atoms with E-state index in [1.165, 1.54) is 6.08 Å². The Hall–Kier alpha value is -4.39. The maximum Gasteiger partial charge on any atom is 0.408 e. The number of carbonyl (C=O) groups excluding carboxylic acids is 2. The third kappa shape index (κ3) is 5.24. The summed E-state index contributed by atoms with van der Waals surface area (Å²) in [7, 11) is 0. The minimum atomic E-state index is -1.19. The zero-order chi connectivity index (χ0) is 24.8. The average molecular weight is 471 g/mol. The van der Waals surface area contributed by atoms with Crippen LogP contribution in [0.25, 0.3) is 11.1 Å². The van der Waals surface area contributed by atoms with Gasteiger partial charge in [-0.2, -0.15) is 0 Å². The molecule has 0 saturated carbocycles. The fourth-order valence-electron chi connectivity index (χ4n) is 4.35. The second-order valence-corrected chi connectivity index (χ2v) is 8.24. The van der Waals surface area contributed by atoms with Crippen LogP contribution in [0, 0.1) is 0 Å². The van der Waals surface area contributed by atoms with Crippen LogP contribution in [0.5, 0.6) is 0 Å². The Morgan fingerprint density at radius 1 is 0.886 bits per heavy atom. The molecule has 0 bridgehead atoms. The third-order valence-corrected chi connectivity index (χ3v) is 6.02. The molecule has 0 aliphatic heterocycles. The molecule has 0 radical (unpaired) electrons. The summed E-state index contributed by atoms with van der Waals surface area (Å²) >= 11 is 0. The number of hydrogen-bond donors (Lipinski definition) is 3. The number of aliphatic carboxylic acids is 1. The predicted octanol–water partition coefficient (Wildman–Crippen LogP) is 4.41. The second-order valence-electron chi connectivity index (χ2n) is 8.24. The van der Waals surface area contributed by atoms with Gasteiger partial charge in [-0.1, -0.05) is 84.9 Å². The number of carboxylic acids is 1. The van der Waals surface area contributed by atoms with Crippen molar-refractivity contribution in [2.24, 2.45) is 0 Å². The average Bonchev–Trinajstić information content (AvgIpc) is 3.20. The lowest BCUT2D eigenvalue weighted by atomic mass is 9.98. The van der Waals surface area contributed by atoms with Crippen LogP contribution >= 0.6 is 0 Å². The van der Waals surface area contributed by atoms with Gasteiger partial charge >= 0.3 is 12.1 Å². The fourth-order valence-corrected chi connectivity index (χ4v) is 4.35. The number of nitrogens with one attached hydrogen (secondary N) is 2. The number of benzene rings is 3. The van der Waals surface area contributed by atoms with Crippen molar-refractivity contribution >= 4 is 18.0 Å². The highest BCUT2D eigenvalue weighted by atomic mass is 16.5. The normalized spacial score (nSPS) is 13.6. The Kier molecular flexibility index (Phi) is 7.26. The summed E-state index contributed by atoms with van der Waals surface area (Å²) in [5, 5.41) is 14.4. The Balaban J connectivity index is 1.49. The third-order valence-electron chi connectivity index (χ3n) is 6.02. The molecule has 1 aliphatic carbocycles. The summed E-state index contributed by atoms with van der Waals surface area (Å²) in [6, 6.07) is 22.3. The van der Waals surface area contributed by atoms with Crippen LogP contribution in [0.3, 0.4) is 0 Å². The van der Waals surface area contributed by atoms with Crippen molar-refractivity contribution in [1.82, 2.24) is 10.6 Å². The maximum atomic E-state index is 13.0. The molecule has 0 heterocycles. The number of rotatable bonds is 9. The van der Waals surface area contributed by atoms with E-state index >= 15 is 0 Å². The molecule has 0 saturated heterocycles. The molecule has 7 nitrogen and oxygen atoms in total. The molecule has 7 heteroatoms. The minimum Gasteiger partial charge on any atom is -0.480 e. The quantitative estimate of drug-likeness (QED) is 0.402. The Morgan fingerprint density at radius 3 is 2.03 bits per heavy atom. The molecular weight excluding hydrogens is 444 g/mol. The molecular formula is C28H26N2O5. The van der Waals surface area contributed by atoms with E-state index in [4.69, 9.17) is 4.74 Å². The number of carbonyl (C=O) groups is 3. The van der Waals surface area contributed by atoms with Gasteiger partial charge in [0, 0.05) is 5.92 Å². The largest absolute Gasteiger partial charge is 0.480 e. The van der Waals surface area contributed by atoms with Crippen molar-refractivity contribution in [2.45, 2.75) is 24.4 Å². The van der Waals surface area contributed by atoms with Crippen molar-refractivity contribution in [3.05, 3.63) is 108 Å². The van der Waals surface area contributed by atoms with Crippen molar-refractivity contribution in [3.63, 3.8) is 0 Å². The molecule has 2 atom stereocenters. The van der Waals surface area contributed by atoms with Crippen molar-refractivity contribution in [2.75, 3.05) is 6.61 Å². The summed E-state index contributed by atoms with van der Waals surface area (Å²) in [4.78, 5) is 37.3. The van der Waals surface area contributed by atoms with E-state index in [-0.39, 0.29) is 18.9 Å². The van der Waals surface area contributed by atoms with Gasteiger partial charge in [-0.3, -0.25) is 4.79 Å². The van der Waals surface area contributed by atoms with Crippen LogP contribution in [-0.2, 0) is 14.3 Å². The number of hydrogen-bond acceptors (Lipinski definition) is 4. The fraction of sp³-hybridized carbons (Fsp3) is 0.179. The van der Waals surface area contributed by atoms with Gasteiger partial charge in [-0.15, -0.1) is 6.58 Å². The number of amides is 2. The smallest absolute Gasteiger partial charge is 0.408 e. The van der Waals surface area contributed by atoms with E-state index < -0.39 is 30.1 Å². The molecule has 178 valence electrons. The van der Waals surface area contributed by atoms with Crippen LogP contribution in [0.4, 0.5) is 4.79 Å². The highest BCUT2D eigenvalue weighted by molar-refractivity contribution is 5.90. The molecule has 1 unspecified atom stereocenters. The van der Waals surface area contributed by atoms with Gasteiger partial charge in [0.25, 0.3) is 0 Å². The first kappa shape index (κ1) is 23.8. The van der Waals surface area contributed by atoms with Gasteiger partial charge in [0.15, 0.2) is 0 Å². The lowest BCUT2D eigenvalue weighted by Gasteiger charge is -2.22. The molecule has 0 spiro atoms. The van der Waals surface area contributed by atoms with E-state index in [9.17, 15) is 19.5 Å². The topological polar surface area (TPSA) is 105 Å². The molecule has 0 fully saturated rings. The lowest BCUT2D eigenvalue weighted by Crippen LogP contribution is -2.47. The van der Waals surface area contributed by atoms with Gasteiger partial charge in [-0.25, -0.2) is 9.59 Å². The molecule has 3 N–H and O–H groups in total. The first-order valence-electron chi connectivity index (χ1n) is 11.3. The minimum absolute atomic E-state index is 0.0491. The van der Waals surface area contributed by atoms with Gasteiger partial charge in [0.2, 0.25) is 5.91 Å². The van der Waals surface area contributed by atoms with Gasteiger partial charge < -0.3 is 20.5 Å². The van der Waals surface area contributed by atoms with Crippen LogP contribution in [0.1, 0.15) is 35.1 Å². The molecule has 0 aromatic heterocycles. The van der Waals surface area contributed by atoms with Gasteiger partial charge in [0.05, 0.1) is 0 Å². The molecule has 3 aromatic rings. The van der Waals surface area contributed by atoms with Crippen LogP contribution in [0.2, 0.25) is 0 Å². The van der Waals surface area contributed by atoms with E-state index in [0.717, 1.165) is 22.3 Å². The van der Waals surface area contributed by atoms with E-state index in [2.05, 4.69) is 17.2 Å². The van der Waals surface area contributed by atoms with Gasteiger partial charge in [-0.05, 0) is 34.2 Å². The number of fused-ring (bicyclic) bond motifs is 3. The lowest BCUT2D eigenvalue weighted by molar-refractivity contribution is -0.142. The van der Waals surface area contributed by atoms with Crippen LogP contribution in [-0.4, -0.2) is 35.7 Å². The van der Waals surface area contributed by atoms with Crippen molar-refractivity contribution in [3.8, 4) is 11.1 Å². The highest BCUT2D eigenvalue weighted by Gasteiger charge is 2.31. The number of carboxylic acid groups (broad SMARTS) is 1. The summed E-state index contributed by atoms with van der Waals surface area (Å²) in [6.45, 7) is 3.63. The summed E-state index contributed by atoms with van der Waals surface area (Å²) in [5.41, 5.74) is 4.88. The SMILES string of the molecule is C=CCC(NC(=O)[C@H](NC(=O)OCC1c2ccccc2-c2ccccc21)c1ccccc1)C(=O)O. The molecule has 3 aromatic carbocycles. The molecule has 2 amide bonds. The summed E-state index contributed by atoms with van der Waals surface area (Å²) < 4.78 is 5.58. The Labute approximate surface area is 203 Å². The maximum absolute atomic E-state index is 13.0.